The van der Waals surface area contributed by atoms with Crippen molar-refractivity contribution in [1.29, 1.82) is 0 Å². The summed E-state index contributed by atoms with van der Waals surface area (Å²) in [4.78, 5) is 23.4. The fourth-order valence-corrected chi connectivity index (χ4v) is 2.11. The Bertz CT molecular complexity index is 517. The molecular formula is C18H28N2O4. The molecule has 0 fully saturated rings. The number of amides is 2. The third-order valence-corrected chi connectivity index (χ3v) is 3.85. The third kappa shape index (κ3) is 7.10. The van der Waals surface area contributed by atoms with Crippen LogP contribution in [0.4, 0.5) is 0 Å². The largest absolute Gasteiger partial charge is 0.396 e. The summed E-state index contributed by atoms with van der Waals surface area (Å²) in [6, 6.07) is 9.98. The van der Waals surface area contributed by atoms with E-state index in [1.165, 1.54) is 5.56 Å². The maximum atomic E-state index is 11.7. The monoisotopic (exact) mass is 336 g/mol. The first-order valence-corrected chi connectivity index (χ1v) is 8.24. The first-order valence-electron chi connectivity index (χ1n) is 8.24. The van der Waals surface area contributed by atoms with Gasteiger partial charge in [0.05, 0.1) is 6.61 Å². The zero-order valence-corrected chi connectivity index (χ0v) is 14.4. The van der Waals surface area contributed by atoms with Gasteiger partial charge in [-0.25, -0.2) is 0 Å². The summed E-state index contributed by atoms with van der Waals surface area (Å²) in [5, 5.41) is 24.2. The Morgan fingerprint density at radius 2 is 1.75 bits per heavy atom. The molecule has 0 bridgehead atoms. The highest BCUT2D eigenvalue weighted by molar-refractivity contribution is 5.81. The number of benzene rings is 1. The molecule has 1 atom stereocenters. The lowest BCUT2D eigenvalue weighted by Gasteiger charge is -2.27. The predicted octanol–water partition coefficient (Wildman–Crippen LogP) is 0.621. The van der Waals surface area contributed by atoms with Gasteiger partial charge in [0.15, 0.2) is 0 Å². The van der Waals surface area contributed by atoms with E-state index in [2.05, 4.69) is 10.6 Å². The van der Waals surface area contributed by atoms with E-state index in [0.29, 0.717) is 13.0 Å². The fraction of sp³-hybridized carbons (Fsp3) is 0.556. The number of rotatable bonds is 10. The molecule has 1 aromatic carbocycles. The van der Waals surface area contributed by atoms with Crippen LogP contribution in [-0.2, 0) is 16.0 Å². The number of carbonyl (C=O) groups excluding carboxylic acids is 2. The molecule has 0 radical (unpaired) electrons. The molecule has 0 unspecified atom stereocenters. The number of aliphatic hydroxyl groups excluding tert-OH is 2. The van der Waals surface area contributed by atoms with Gasteiger partial charge < -0.3 is 20.8 Å². The molecule has 0 spiro atoms. The molecule has 1 rings (SSSR count). The Labute approximate surface area is 143 Å². The molecule has 2 amide bonds. The quantitative estimate of drug-likeness (QED) is 0.471. The minimum Gasteiger partial charge on any atom is -0.396 e. The molecule has 6 nitrogen and oxygen atoms in total. The molecule has 1 aromatic rings. The van der Waals surface area contributed by atoms with Crippen molar-refractivity contribution in [3.05, 3.63) is 35.9 Å². The van der Waals surface area contributed by atoms with E-state index < -0.39 is 17.4 Å². The van der Waals surface area contributed by atoms with Gasteiger partial charge in [0.1, 0.15) is 6.10 Å². The van der Waals surface area contributed by atoms with Gasteiger partial charge in [-0.15, -0.1) is 0 Å². The van der Waals surface area contributed by atoms with E-state index in [0.717, 1.165) is 12.8 Å². The second-order valence-electron chi connectivity index (χ2n) is 6.53. The van der Waals surface area contributed by atoms with Crippen LogP contribution in [0.1, 0.15) is 32.3 Å². The smallest absolute Gasteiger partial charge is 0.249 e. The molecule has 0 aromatic heterocycles. The highest BCUT2D eigenvalue weighted by atomic mass is 16.3. The average molecular weight is 336 g/mol. The Morgan fingerprint density at radius 3 is 2.38 bits per heavy atom. The standard InChI is InChI=1S/C18H28N2O4/c1-18(2,13-21)16(23)17(24)20-12-11-19-15(22)10-6-9-14-7-4-3-5-8-14/h3-5,7-8,16,21,23H,6,9-13H2,1-2H3,(H,19,22)(H,20,24)/t16-/m0/s1. The van der Waals surface area contributed by atoms with E-state index in [9.17, 15) is 14.7 Å². The van der Waals surface area contributed by atoms with Crippen LogP contribution in [0, 0.1) is 5.41 Å². The lowest BCUT2D eigenvalue weighted by molar-refractivity contribution is -0.137. The molecule has 0 aliphatic heterocycles. The Morgan fingerprint density at radius 1 is 1.12 bits per heavy atom. The third-order valence-electron chi connectivity index (χ3n) is 3.85. The molecule has 134 valence electrons. The lowest BCUT2D eigenvalue weighted by Crippen LogP contribution is -2.47. The Kier molecular flexibility index (Phi) is 8.43. The van der Waals surface area contributed by atoms with E-state index in [1.807, 2.05) is 30.3 Å². The molecule has 0 saturated carbocycles. The van der Waals surface area contributed by atoms with Crippen molar-refractivity contribution in [2.24, 2.45) is 5.41 Å². The van der Waals surface area contributed by atoms with Crippen LogP contribution >= 0.6 is 0 Å². The fourth-order valence-electron chi connectivity index (χ4n) is 2.11. The topological polar surface area (TPSA) is 98.7 Å². The number of aliphatic hydroxyl groups is 2. The van der Waals surface area contributed by atoms with Gasteiger partial charge in [-0.1, -0.05) is 44.2 Å². The van der Waals surface area contributed by atoms with Crippen molar-refractivity contribution < 1.29 is 19.8 Å². The summed E-state index contributed by atoms with van der Waals surface area (Å²) in [6.45, 7) is 3.46. The number of aryl methyl sites for hydroxylation is 1. The van der Waals surface area contributed by atoms with Crippen LogP contribution in [0.2, 0.25) is 0 Å². The van der Waals surface area contributed by atoms with Crippen LogP contribution in [0.3, 0.4) is 0 Å². The molecule has 6 heteroatoms. The van der Waals surface area contributed by atoms with Crippen LogP contribution in [0.15, 0.2) is 30.3 Å². The normalized spacial score (nSPS) is 12.5. The number of hydrogen-bond donors (Lipinski definition) is 4. The SMILES string of the molecule is CC(C)(CO)[C@@H](O)C(=O)NCCNC(=O)CCCc1ccccc1. The van der Waals surface area contributed by atoms with Crippen molar-refractivity contribution in [3.8, 4) is 0 Å². The van der Waals surface area contributed by atoms with E-state index in [-0.39, 0.29) is 19.1 Å². The number of carbonyl (C=O) groups is 2. The maximum Gasteiger partial charge on any atom is 0.249 e. The Balaban J connectivity index is 2.14. The highest BCUT2D eigenvalue weighted by Crippen LogP contribution is 2.19. The highest BCUT2D eigenvalue weighted by Gasteiger charge is 2.32. The average Bonchev–Trinajstić information content (AvgIpc) is 2.58. The first kappa shape index (κ1) is 20.1. The summed E-state index contributed by atoms with van der Waals surface area (Å²) in [7, 11) is 0. The van der Waals surface area contributed by atoms with Crippen LogP contribution in [0.25, 0.3) is 0 Å². The molecule has 4 N–H and O–H groups in total. The minimum atomic E-state index is -1.29. The van der Waals surface area contributed by atoms with Gasteiger partial charge in [-0.05, 0) is 18.4 Å². The zero-order chi connectivity index (χ0) is 18.0. The second kappa shape index (κ2) is 10.1. The molecule has 24 heavy (non-hydrogen) atoms. The summed E-state index contributed by atoms with van der Waals surface area (Å²) in [6.07, 6.45) is 0.770. The van der Waals surface area contributed by atoms with Crippen LogP contribution in [-0.4, -0.2) is 47.8 Å². The summed E-state index contributed by atoms with van der Waals surface area (Å²) in [5.74, 6) is -0.608. The number of nitrogens with one attached hydrogen (secondary N) is 2. The van der Waals surface area contributed by atoms with Gasteiger partial charge in [0.2, 0.25) is 11.8 Å². The molecule has 0 heterocycles. The van der Waals surface area contributed by atoms with Gasteiger partial charge in [0, 0.05) is 24.9 Å². The molecule has 0 aliphatic rings. The van der Waals surface area contributed by atoms with E-state index in [4.69, 9.17) is 5.11 Å². The van der Waals surface area contributed by atoms with Crippen molar-refractivity contribution >= 4 is 11.8 Å². The van der Waals surface area contributed by atoms with Crippen molar-refractivity contribution in [3.63, 3.8) is 0 Å². The second-order valence-corrected chi connectivity index (χ2v) is 6.53. The lowest BCUT2D eigenvalue weighted by atomic mass is 9.87. The summed E-state index contributed by atoms with van der Waals surface area (Å²) < 4.78 is 0. The minimum absolute atomic E-state index is 0.0589. The molecule has 0 saturated heterocycles. The maximum absolute atomic E-state index is 11.7. The van der Waals surface area contributed by atoms with E-state index >= 15 is 0 Å². The zero-order valence-electron chi connectivity index (χ0n) is 14.4. The Hall–Kier alpha value is -1.92. The molecule has 0 aliphatic carbocycles. The number of hydrogen-bond acceptors (Lipinski definition) is 4. The van der Waals surface area contributed by atoms with E-state index in [1.54, 1.807) is 13.8 Å². The van der Waals surface area contributed by atoms with Gasteiger partial charge >= 0.3 is 0 Å². The van der Waals surface area contributed by atoms with Gasteiger partial charge in [0.25, 0.3) is 0 Å². The van der Waals surface area contributed by atoms with Crippen molar-refractivity contribution in [2.75, 3.05) is 19.7 Å². The summed E-state index contributed by atoms with van der Waals surface area (Å²) >= 11 is 0. The summed E-state index contributed by atoms with van der Waals surface area (Å²) in [5.41, 5.74) is 0.308. The van der Waals surface area contributed by atoms with Crippen LogP contribution < -0.4 is 10.6 Å². The van der Waals surface area contributed by atoms with Gasteiger partial charge in [-0.2, -0.15) is 0 Å². The van der Waals surface area contributed by atoms with Gasteiger partial charge in [-0.3, -0.25) is 9.59 Å². The predicted molar refractivity (Wildman–Crippen MR) is 92.3 cm³/mol. The first-order chi connectivity index (χ1) is 11.4. The molecular weight excluding hydrogens is 308 g/mol. The van der Waals surface area contributed by atoms with Crippen molar-refractivity contribution in [1.82, 2.24) is 10.6 Å². The van der Waals surface area contributed by atoms with Crippen molar-refractivity contribution in [2.45, 2.75) is 39.2 Å². The van der Waals surface area contributed by atoms with Crippen LogP contribution in [0.5, 0.6) is 0 Å².